The van der Waals surface area contributed by atoms with E-state index in [1.165, 1.54) is 16.7 Å². The molecule has 3 rings (SSSR count). The molecule has 1 aliphatic heterocycles. The fourth-order valence-corrected chi connectivity index (χ4v) is 3.65. The first-order chi connectivity index (χ1) is 11.6. The second kappa shape index (κ2) is 7.65. The van der Waals surface area contributed by atoms with E-state index >= 15 is 0 Å². The van der Waals surface area contributed by atoms with E-state index in [2.05, 4.69) is 67.3 Å². The number of carbonyl (C=O) groups is 1. The highest BCUT2D eigenvalue weighted by molar-refractivity contribution is 5.79. The molecule has 0 saturated carbocycles. The number of carbonyl (C=O) groups excluding carboxylic acids is 1. The number of amides is 1. The molecule has 1 heterocycles. The molecule has 1 fully saturated rings. The Balaban J connectivity index is 1.51. The van der Waals surface area contributed by atoms with Crippen LogP contribution in [0.1, 0.15) is 35.1 Å². The van der Waals surface area contributed by atoms with Gasteiger partial charge in [-0.15, -0.1) is 0 Å². The molecule has 2 nitrogen and oxygen atoms in total. The van der Waals surface area contributed by atoms with Gasteiger partial charge in [0.25, 0.3) is 0 Å². The molecule has 1 amide bonds. The molecule has 1 saturated heterocycles. The summed E-state index contributed by atoms with van der Waals surface area (Å²) in [5.74, 6) is 0.984. The molecular formula is C22H27NO. The van der Waals surface area contributed by atoms with Crippen LogP contribution < -0.4 is 0 Å². The predicted molar refractivity (Wildman–Crippen MR) is 99.1 cm³/mol. The summed E-state index contributed by atoms with van der Waals surface area (Å²) in [7, 11) is 0. The minimum absolute atomic E-state index is 0.278. The van der Waals surface area contributed by atoms with Crippen LogP contribution in [-0.4, -0.2) is 23.9 Å². The molecule has 0 radical (unpaired) electrons. The van der Waals surface area contributed by atoms with Gasteiger partial charge in [-0.2, -0.15) is 0 Å². The Morgan fingerprint density at radius 2 is 1.75 bits per heavy atom. The van der Waals surface area contributed by atoms with Crippen molar-refractivity contribution in [3.05, 3.63) is 70.8 Å². The van der Waals surface area contributed by atoms with Crippen molar-refractivity contribution in [3.8, 4) is 0 Å². The zero-order valence-corrected chi connectivity index (χ0v) is 14.8. The van der Waals surface area contributed by atoms with E-state index in [1.807, 2.05) is 0 Å². The van der Waals surface area contributed by atoms with Gasteiger partial charge in [0.2, 0.25) is 5.91 Å². The smallest absolute Gasteiger partial charge is 0.226 e. The van der Waals surface area contributed by atoms with Crippen molar-refractivity contribution < 1.29 is 4.79 Å². The zero-order valence-electron chi connectivity index (χ0n) is 14.8. The van der Waals surface area contributed by atoms with E-state index < -0.39 is 0 Å². The summed E-state index contributed by atoms with van der Waals surface area (Å²) < 4.78 is 0. The molecule has 2 aromatic rings. The SMILES string of the molecule is Cc1ccc(CC(=O)N2CCC(Cc3ccccc3)CC2)c(C)c1. The monoisotopic (exact) mass is 321 g/mol. The van der Waals surface area contributed by atoms with Crippen LogP contribution in [-0.2, 0) is 17.6 Å². The Morgan fingerprint density at radius 1 is 1.04 bits per heavy atom. The maximum absolute atomic E-state index is 12.6. The molecule has 0 N–H and O–H groups in total. The normalized spacial score (nSPS) is 15.5. The molecule has 24 heavy (non-hydrogen) atoms. The van der Waals surface area contributed by atoms with Gasteiger partial charge in [-0.05, 0) is 55.7 Å². The van der Waals surface area contributed by atoms with Crippen LogP contribution in [0.2, 0.25) is 0 Å². The van der Waals surface area contributed by atoms with Gasteiger partial charge < -0.3 is 4.90 Å². The molecule has 0 bridgehead atoms. The maximum atomic E-state index is 12.6. The van der Waals surface area contributed by atoms with E-state index in [0.717, 1.165) is 37.9 Å². The lowest BCUT2D eigenvalue weighted by Crippen LogP contribution is -2.39. The van der Waals surface area contributed by atoms with Gasteiger partial charge in [-0.1, -0.05) is 54.1 Å². The Morgan fingerprint density at radius 3 is 2.42 bits per heavy atom. The van der Waals surface area contributed by atoms with Gasteiger partial charge in [-0.25, -0.2) is 0 Å². The zero-order chi connectivity index (χ0) is 16.9. The fourth-order valence-electron chi connectivity index (χ4n) is 3.65. The second-order valence-electron chi connectivity index (χ2n) is 7.12. The van der Waals surface area contributed by atoms with E-state index in [0.29, 0.717) is 12.3 Å². The standard InChI is InChI=1S/C22H27NO/c1-17-8-9-21(18(2)14-17)16-22(24)23-12-10-20(11-13-23)15-19-6-4-3-5-7-19/h3-9,14,20H,10-13,15-16H2,1-2H3. The Kier molecular flexibility index (Phi) is 5.34. The molecular weight excluding hydrogens is 294 g/mol. The van der Waals surface area contributed by atoms with Gasteiger partial charge in [-0.3, -0.25) is 4.79 Å². The molecule has 2 heteroatoms. The van der Waals surface area contributed by atoms with Crippen LogP contribution in [0, 0.1) is 19.8 Å². The van der Waals surface area contributed by atoms with Crippen molar-refractivity contribution in [2.75, 3.05) is 13.1 Å². The van der Waals surface area contributed by atoms with E-state index in [1.54, 1.807) is 0 Å². The molecule has 0 unspecified atom stereocenters. The largest absolute Gasteiger partial charge is 0.342 e. The third kappa shape index (κ3) is 4.25. The highest BCUT2D eigenvalue weighted by Crippen LogP contribution is 2.22. The minimum Gasteiger partial charge on any atom is -0.342 e. The van der Waals surface area contributed by atoms with Gasteiger partial charge in [0, 0.05) is 13.1 Å². The third-order valence-corrected chi connectivity index (χ3v) is 5.17. The van der Waals surface area contributed by atoms with Crippen LogP contribution >= 0.6 is 0 Å². The number of hydrogen-bond acceptors (Lipinski definition) is 1. The molecule has 126 valence electrons. The van der Waals surface area contributed by atoms with Crippen molar-refractivity contribution in [2.24, 2.45) is 5.92 Å². The number of piperidine rings is 1. The van der Waals surface area contributed by atoms with Crippen LogP contribution in [0.15, 0.2) is 48.5 Å². The number of rotatable bonds is 4. The van der Waals surface area contributed by atoms with Gasteiger partial charge >= 0.3 is 0 Å². The van der Waals surface area contributed by atoms with E-state index in [-0.39, 0.29) is 5.91 Å². The summed E-state index contributed by atoms with van der Waals surface area (Å²) in [5.41, 5.74) is 5.06. The summed E-state index contributed by atoms with van der Waals surface area (Å²) in [6.07, 6.45) is 3.91. The average molecular weight is 321 g/mol. The van der Waals surface area contributed by atoms with Crippen molar-refractivity contribution in [1.29, 1.82) is 0 Å². The first-order valence-corrected chi connectivity index (χ1v) is 8.99. The fraction of sp³-hybridized carbons (Fsp3) is 0.409. The minimum atomic E-state index is 0.278. The van der Waals surface area contributed by atoms with Gasteiger partial charge in [0.1, 0.15) is 0 Å². The van der Waals surface area contributed by atoms with E-state index in [9.17, 15) is 4.79 Å². The number of benzene rings is 2. The lowest BCUT2D eigenvalue weighted by molar-refractivity contribution is -0.131. The predicted octanol–water partition coefficient (Wildman–Crippen LogP) is 4.33. The van der Waals surface area contributed by atoms with Crippen molar-refractivity contribution in [3.63, 3.8) is 0 Å². The topological polar surface area (TPSA) is 20.3 Å². The first kappa shape index (κ1) is 16.8. The number of aryl methyl sites for hydroxylation is 2. The second-order valence-corrected chi connectivity index (χ2v) is 7.12. The summed E-state index contributed by atoms with van der Waals surface area (Å²) in [4.78, 5) is 14.7. The quantitative estimate of drug-likeness (QED) is 0.821. The summed E-state index contributed by atoms with van der Waals surface area (Å²) >= 11 is 0. The summed E-state index contributed by atoms with van der Waals surface area (Å²) in [5, 5.41) is 0. The first-order valence-electron chi connectivity index (χ1n) is 8.99. The average Bonchev–Trinajstić information content (AvgIpc) is 2.59. The van der Waals surface area contributed by atoms with Gasteiger partial charge in [0.05, 0.1) is 6.42 Å². The van der Waals surface area contributed by atoms with Gasteiger partial charge in [0.15, 0.2) is 0 Å². The highest BCUT2D eigenvalue weighted by Gasteiger charge is 2.23. The number of likely N-dealkylation sites (tertiary alicyclic amines) is 1. The highest BCUT2D eigenvalue weighted by atomic mass is 16.2. The molecule has 2 aromatic carbocycles. The summed E-state index contributed by atoms with van der Waals surface area (Å²) in [6.45, 7) is 6.00. The molecule has 0 aromatic heterocycles. The number of nitrogens with zero attached hydrogens (tertiary/aromatic N) is 1. The van der Waals surface area contributed by atoms with Crippen molar-refractivity contribution in [1.82, 2.24) is 4.90 Å². The molecule has 0 spiro atoms. The maximum Gasteiger partial charge on any atom is 0.226 e. The van der Waals surface area contributed by atoms with Crippen LogP contribution in [0.4, 0.5) is 0 Å². The number of hydrogen-bond donors (Lipinski definition) is 0. The van der Waals surface area contributed by atoms with Crippen molar-refractivity contribution >= 4 is 5.91 Å². The van der Waals surface area contributed by atoms with Crippen LogP contribution in [0.3, 0.4) is 0 Å². The molecule has 0 atom stereocenters. The van der Waals surface area contributed by atoms with E-state index in [4.69, 9.17) is 0 Å². The Hall–Kier alpha value is -2.09. The lowest BCUT2D eigenvalue weighted by atomic mass is 9.90. The summed E-state index contributed by atoms with van der Waals surface area (Å²) in [6, 6.07) is 17.1. The van der Waals surface area contributed by atoms with Crippen LogP contribution in [0.5, 0.6) is 0 Å². The third-order valence-electron chi connectivity index (χ3n) is 5.17. The van der Waals surface area contributed by atoms with Crippen molar-refractivity contribution in [2.45, 2.75) is 39.5 Å². The molecule has 1 aliphatic rings. The Bertz CT molecular complexity index is 684. The Labute approximate surface area is 145 Å². The lowest BCUT2D eigenvalue weighted by Gasteiger charge is -2.32. The van der Waals surface area contributed by atoms with Crippen LogP contribution in [0.25, 0.3) is 0 Å². The molecule has 0 aliphatic carbocycles.